The van der Waals surface area contributed by atoms with Gasteiger partial charge in [-0.25, -0.2) is 4.98 Å². The van der Waals surface area contributed by atoms with E-state index in [1.807, 2.05) is 41.3 Å². The van der Waals surface area contributed by atoms with Gasteiger partial charge >= 0.3 is 0 Å². The summed E-state index contributed by atoms with van der Waals surface area (Å²) in [5.41, 5.74) is 4.90. The van der Waals surface area contributed by atoms with Crippen LogP contribution < -0.4 is 4.90 Å². The number of hydrogen-bond acceptors (Lipinski definition) is 3. The van der Waals surface area contributed by atoms with Crippen molar-refractivity contribution >= 4 is 22.6 Å². The van der Waals surface area contributed by atoms with Gasteiger partial charge in [-0.2, -0.15) is 0 Å². The predicted octanol–water partition coefficient (Wildman–Crippen LogP) is 2.77. The van der Waals surface area contributed by atoms with E-state index in [4.69, 9.17) is 4.74 Å². The van der Waals surface area contributed by atoms with Gasteiger partial charge in [0.15, 0.2) is 0 Å². The molecule has 0 bridgehead atoms. The molecule has 120 valence electrons. The Kier molecular flexibility index (Phi) is 2.97. The van der Waals surface area contributed by atoms with Gasteiger partial charge in [0, 0.05) is 24.3 Å². The van der Waals surface area contributed by atoms with Crippen LogP contribution in [0.2, 0.25) is 0 Å². The molecule has 3 heterocycles. The highest BCUT2D eigenvalue weighted by Crippen LogP contribution is 2.29. The molecule has 2 aliphatic heterocycles. The van der Waals surface area contributed by atoms with E-state index in [1.54, 1.807) is 0 Å². The van der Waals surface area contributed by atoms with Crippen molar-refractivity contribution in [3.05, 3.63) is 59.4 Å². The zero-order chi connectivity index (χ0) is 16.1. The van der Waals surface area contributed by atoms with Crippen LogP contribution in [0.1, 0.15) is 21.7 Å². The zero-order valence-electron chi connectivity index (χ0n) is 13.2. The summed E-state index contributed by atoms with van der Waals surface area (Å²) in [6.07, 6.45) is 0.917. The Morgan fingerprint density at radius 1 is 1.12 bits per heavy atom. The number of anilines is 1. The lowest BCUT2D eigenvalue weighted by molar-refractivity contribution is 0.0830. The van der Waals surface area contributed by atoms with Gasteiger partial charge in [0.05, 0.1) is 17.6 Å². The van der Waals surface area contributed by atoms with Crippen LogP contribution in [0.15, 0.2) is 42.5 Å². The largest absolute Gasteiger partial charge is 0.372 e. The Morgan fingerprint density at radius 3 is 3.00 bits per heavy atom. The predicted molar refractivity (Wildman–Crippen MR) is 91.2 cm³/mol. The van der Waals surface area contributed by atoms with Gasteiger partial charge in [0.2, 0.25) is 0 Å². The van der Waals surface area contributed by atoms with Gasteiger partial charge in [0.1, 0.15) is 12.4 Å². The summed E-state index contributed by atoms with van der Waals surface area (Å²) in [5, 5.41) is 0. The summed E-state index contributed by atoms with van der Waals surface area (Å²) in [4.78, 5) is 19.5. The lowest BCUT2D eigenvalue weighted by atomic mass is 10.1. The van der Waals surface area contributed by atoms with Crippen LogP contribution in [0, 0.1) is 0 Å². The van der Waals surface area contributed by atoms with Crippen molar-refractivity contribution < 1.29 is 9.53 Å². The van der Waals surface area contributed by atoms with Crippen LogP contribution in [0.4, 0.5) is 5.69 Å². The molecule has 0 saturated carbocycles. The van der Waals surface area contributed by atoms with Gasteiger partial charge in [-0.05, 0) is 36.2 Å². The third kappa shape index (κ3) is 1.98. The number of hydrogen-bond donors (Lipinski definition) is 0. The molecular formula is C19H17N3O2. The van der Waals surface area contributed by atoms with Crippen LogP contribution in [-0.2, 0) is 24.3 Å². The third-order valence-corrected chi connectivity index (χ3v) is 4.90. The van der Waals surface area contributed by atoms with Crippen molar-refractivity contribution in [1.29, 1.82) is 0 Å². The first-order valence-electron chi connectivity index (χ1n) is 8.28. The summed E-state index contributed by atoms with van der Waals surface area (Å²) in [7, 11) is 0. The molecule has 2 aliphatic rings. The number of amides is 1. The number of ether oxygens (including phenoxy) is 1. The maximum Gasteiger partial charge on any atom is 0.258 e. The minimum atomic E-state index is 0.0454. The summed E-state index contributed by atoms with van der Waals surface area (Å²) >= 11 is 0. The summed E-state index contributed by atoms with van der Waals surface area (Å²) in [6.45, 7) is 2.81. The van der Waals surface area contributed by atoms with Crippen molar-refractivity contribution in [3.63, 3.8) is 0 Å². The van der Waals surface area contributed by atoms with Crippen LogP contribution in [0.25, 0.3) is 11.0 Å². The van der Waals surface area contributed by atoms with E-state index >= 15 is 0 Å². The molecule has 5 heteroatoms. The molecule has 0 spiro atoms. The Bertz CT molecular complexity index is 960. The molecule has 5 rings (SSSR count). The number of carbonyl (C=O) groups excluding carboxylic acids is 1. The first kappa shape index (κ1) is 13.7. The van der Waals surface area contributed by atoms with E-state index in [0.29, 0.717) is 18.8 Å². The van der Waals surface area contributed by atoms with E-state index in [2.05, 4.69) is 15.6 Å². The van der Waals surface area contributed by atoms with E-state index < -0.39 is 0 Å². The average Bonchev–Trinajstić information content (AvgIpc) is 3.22. The topological polar surface area (TPSA) is 47.4 Å². The van der Waals surface area contributed by atoms with Gasteiger partial charge < -0.3 is 14.2 Å². The Balaban J connectivity index is 1.54. The molecular weight excluding hydrogens is 302 g/mol. The van der Waals surface area contributed by atoms with Crippen LogP contribution in [-0.4, -0.2) is 28.6 Å². The second kappa shape index (κ2) is 5.18. The minimum Gasteiger partial charge on any atom is -0.372 e. The Hall–Kier alpha value is -2.66. The summed E-state index contributed by atoms with van der Waals surface area (Å²) in [5.74, 6) is 0.983. The Morgan fingerprint density at radius 2 is 2.04 bits per heavy atom. The highest BCUT2D eigenvalue weighted by molar-refractivity contribution is 6.08. The molecule has 1 amide bonds. The number of imidazole rings is 1. The normalized spacial score (nSPS) is 16.2. The SMILES string of the molecule is O=C(c1ccc2c(c1)nc1n2CCOC1)N1CCc2ccccc21. The lowest BCUT2D eigenvalue weighted by Gasteiger charge is -2.17. The second-order valence-electron chi connectivity index (χ2n) is 6.27. The van der Waals surface area contributed by atoms with E-state index in [0.717, 1.165) is 42.1 Å². The fourth-order valence-electron chi connectivity index (χ4n) is 3.70. The van der Waals surface area contributed by atoms with E-state index in [9.17, 15) is 4.79 Å². The minimum absolute atomic E-state index is 0.0454. The monoisotopic (exact) mass is 319 g/mol. The molecule has 3 aromatic rings. The average molecular weight is 319 g/mol. The van der Waals surface area contributed by atoms with Crippen molar-refractivity contribution in [3.8, 4) is 0 Å². The molecule has 0 atom stereocenters. The smallest absolute Gasteiger partial charge is 0.258 e. The van der Waals surface area contributed by atoms with Gasteiger partial charge in [-0.3, -0.25) is 4.79 Å². The molecule has 0 saturated heterocycles. The molecule has 5 nitrogen and oxygen atoms in total. The molecule has 24 heavy (non-hydrogen) atoms. The number of carbonyl (C=O) groups is 1. The molecule has 0 unspecified atom stereocenters. The first-order valence-corrected chi connectivity index (χ1v) is 8.28. The van der Waals surface area contributed by atoms with Gasteiger partial charge in [-0.1, -0.05) is 18.2 Å². The molecule has 2 aromatic carbocycles. The third-order valence-electron chi connectivity index (χ3n) is 4.90. The maximum absolute atomic E-state index is 13.0. The van der Waals surface area contributed by atoms with Crippen molar-refractivity contribution in [1.82, 2.24) is 9.55 Å². The standard InChI is InChI=1S/C19H17N3O2/c23-19(22-8-7-13-3-1-2-4-16(13)22)14-5-6-17-15(11-14)20-18-12-24-10-9-21(17)18/h1-6,11H,7-10,12H2. The quantitative estimate of drug-likeness (QED) is 0.693. The fraction of sp³-hybridized carbons (Fsp3) is 0.263. The molecule has 0 aliphatic carbocycles. The second-order valence-corrected chi connectivity index (χ2v) is 6.27. The maximum atomic E-state index is 13.0. The number of nitrogens with zero attached hydrogens (tertiary/aromatic N) is 3. The van der Waals surface area contributed by atoms with Gasteiger partial charge in [-0.15, -0.1) is 0 Å². The summed E-state index contributed by atoms with van der Waals surface area (Å²) < 4.78 is 7.64. The van der Waals surface area contributed by atoms with E-state index in [-0.39, 0.29) is 5.91 Å². The highest BCUT2D eigenvalue weighted by atomic mass is 16.5. The van der Waals surface area contributed by atoms with Crippen LogP contribution in [0.3, 0.4) is 0 Å². The number of fused-ring (bicyclic) bond motifs is 4. The van der Waals surface area contributed by atoms with Gasteiger partial charge in [0.25, 0.3) is 5.91 Å². The molecule has 0 fully saturated rings. The van der Waals surface area contributed by atoms with E-state index in [1.165, 1.54) is 5.56 Å². The lowest BCUT2D eigenvalue weighted by Crippen LogP contribution is -2.28. The molecule has 1 aromatic heterocycles. The van der Waals surface area contributed by atoms with Crippen molar-refractivity contribution in [2.45, 2.75) is 19.6 Å². The number of rotatable bonds is 1. The zero-order valence-corrected chi connectivity index (χ0v) is 13.2. The van der Waals surface area contributed by atoms with Crippen LogP contribution in [0.5, 0.6) is 0 Å². The van der Waals surface area contributed by atoms with Crippen molar-refractivity contribution in [2.75, 3.05) is 18.1 Å². The fourth-order valence-corrected chi connectivity index (χ4v) is 3.70. The number of aromatic nitrogens is 2. The van der Waals surface area contributed by atoms with Crippen molar-refractivity contribution in [2.24, 2.45) is 0 Å². The first-order chi connectivity index (χ1) is 11.8. The highest BCUT2D eigenvalue weighted by Gasteiger charge is 2.25. The molecule has 0 radical (unpaired) electrons. The Labute approximate surface area is 139 Å². The molecule has 0 N–H and O–H groups in total. The number of benzene rings is 2. The number of para-hydroxylation sites is 1. The summed E-state index contributed by atoms with van der Waals surface area (Å²) in [6, 6.07) is 13.9. The van der Waals surface area contributed by atoms with Crippen LogP contribution >= 0.6 is 0 Å².